The molecule has 2 heterocycles. The largest absolute Gasteiger partial charge is 0.391 e. The zero-order valence-corrected chi connectivity index (χ0v) is 19.1. The number of nitrogens with two attached hydrogens (primary N) is 2. The Bertz CT molecular complexity index is 1090. The van der Waals surface area contributed by atoms with Gasteiger partial charge in [0.15, 0.2) is 5.84 Å². The van der Waals surface area contributed by atoms with E-state index in [4.69, 9.17) is 20.7 Å². The van der Waals surface area contributed by atoms with Gasteiger partial charge in [0.2, 0.25) is 11.8 Å². The first-order chi connectivity index (χ1) is 16.6. The van der Waals surface area contributed by atoms with Crippen molar-refractivity contribution in [3.63, 3.8) is 0 Å². The SMILES string of the molecule is C=C(/N=C(N)\N=C(/N)c1noc(N2C[C@@H]3[C@@H](COCCC(F)(F)F)[C@@H]3C2)n1)N(C)c1ccccc1. The highest BCUT2D eigenvalue weighted by atomic mass is 19.4. The van der Waals surface area contributed by atoms with Gasteiger partial charge in [-0.25, -0.2) is 0 Å². The number of piperidine rings is 1. The molecule has 2 aromatic rings. The molecule has 1 saturated heterocycles. The summed E-state index contributed by atoms with van der Waals surface area (Å²) in [6.07, 6.45) is -5.12. The third-order valence-electron chi connectivity index (χ3n) is 6.14. The fraction of sp³-hybridized carbons (Fsp3) is 0.455. The number of anilines is 2. The zero-order valence-electron chi connectivity index (χ0n) is 19.1. The molecule has 13 heteroatoms. The summed E-state index contributed by atoms with van der Waals surface area (Å²) in [5.41, 5.74) is 12.8. The molecule has 0 spiro atoms. The van der Waals surface area contributed by atoms with Crippen LogP contribution in [0.1, 0.15) is 12.2 Å². The Morgan fingerprint density at radius 3 is 2.57 bits per heavy atom. The van der Waals surface area contributed by atoms with Gasteiger partial charge in [-0.3, -0.25) is 0 Å². The molecule has 3 atom stereocenters. The number of ether oxygens (including phenoxy) is 1. The van der Waals surface area contributed by atoms with E-state index >= 15 is 0 Å². The third kappa shape index (κ3) is 6.10. The lowest BCUT2D eigenvalue weighted by Crippen LogP contribution is -2.26. The number of hydrogen-bond acceptors (Lipinski definition) is 7. The second-order valence-electron chi connectivity index (χ2n) is 8.52. The Balaban J connectivity index is 1.27. The molecule has 1 aromatic heterocycles. The van der Waals surface area contributed by atoms with Crippen molar-refractivity contribution in [3.8, 4) is 0 Å². The second kappa shape index (κ2) is 9.94. The first-order valence-electron chi connectivity index (χ1n) is 11.0. The highest BCUT2D eigenvalue weighted by molar-refractivity contribution is 6.02. The van der Waals surface area contributed by atoms with Crippen LogP contribution in [0.15, 0.2) is 57.2 Å². The number of hydrogen-bond donors (Lipinski definition) is 2. The number of halogens is 3. The molecular formula is C22H27F3N8O2. The van der Waals surface area contributed by atoms with Gasteiger partial charge in [0.1, 0.15) is 5.82 Å². The Kier molecular flexibility index (Phi) is 6.96. The van der Waals surface area contributed by atoms with Crippen LogP contribution in [-0.2, 0) is 4.74 Å². The van der Waals surface area contributed by atoms with Crippen molar-refractivity contribution in [2.24, 2.45) is 39.2 Å². The normalized spacial score (nSPS) is 22.3. The summed E-state index contributed by atoms with van der Waals surface area (Å²) in [5.74, 6) is 1.19. The van der Waals surface area contributed by atoms with E-state index in [-0.39, 0.29) is 30.1 Å². The Hall–Kier alpha value is -3.61. The molecule has 2 aliphatic rings. The van der Waals surface area contributed by atoms with E-state index in [1.54, 1.807) is 11.9 Å². The minimum Gasteiger partial charge on any atom is -0.381 e. The highest BCUT2D eigenvalue weighted by Crippen LogP contribution is 2.52. The van der Waals surface area contributed by atoms with Gasteiger partial charge in [0.05, 0.1) is 19.6 Å². The first-order valence-corrected chi connectivity index (χ1v) is 11.0. The number of nitrogens with zero attached hydrogens (tertiary/aromatic N) is 6. The molecule has 1 aliphatic heterocycles. The topological polar surface area (TPSA) is 131 Å². The van der Waals surface area contributed by atoms with E-state index in [2.05, 4.69) is 26.7 Å². The van der Waals surface area contributed by atoms with Gasteiger partial charge in [-0.1, -0.05) is 29.9 Å². The molecule has 10 nitrogen and oxygen atoms in total. The minimum absolute atomic E-state index is 0.0586. The molecular weight excluding hydrogens is 465 g/mol. The average Bonchev–Trinajstić information content (AvgIpc) is 3.17. The lowest BCUT2D eigenvalue weighted by atomic mass is 10.3. The fourth-order valence-electron chi connectivity index (χ4n) is 4.11. The molecule has 0 amide bonds. The van der Waals surface area contributed by atoms with Crippen LogP contribution in [0.5, 0.6) is 0 Å². The monoisotopic (exact) mass is 492 g/mol. The van der Waals surface area contributed by atoms with Crippen LogP contribution >= 0.6 is 0 Å². The molecule has 35 heavy (non-hydrogen) atoms. The molecule has 2 fully saturated rings. The summed E-state index contributed by atoms with van der Waals surface area (Å²) in [5, 5.41) is 3.86. The van der Waals surface area contributed by atoms with E-state index < -0.39 is 12.6 Å². The van der Waals surface area contributed by atoms with E-state index in [0.717, 1.165) is 5.69 Å². The second-order valence-corrected chi connectivity index (χ2v) is 8.52. The van der Waals surface area contributed by atoms with E-state index in [1.807, 2.05) is 35.2 Å². The number of benzene rings is 1. The number of alkyl halides is 3. The Morgan fingerprint density at radius 1 is 1.23 bits per heavy atom. The maximum atomic E-state index is 12.2. The third-order valence-corrected chi connectivity index (χ3v) is 6.14. The van der Waals surface area contributed by atoms with Crippen LogP contribution in [0.2, 0.25) is 0 Å². The van der Waals surface area contributed by atoms with Gasteiger partial charge in [-0.2, -0.15) is 28.1 Å². The molecule has 1 aliphatic carbocycles. The van der Waals surface area contributed by atoms with E-state index in [1.165, 1.54) is 0 Å². The number of para-hydroxylation sites is 1. The van der Waals surface area contributed by atoms with Crippen LogP contribution in [0.25, 0.3) is 0 Å². The molecule has 0 unspecified atom stereocenters. The van der Waals surface area contributed by atoms with Crippen molar-refractivity contribution < 1.29 is 22.4 Å². The predicted molar refractivity (Wildman–Crippen MR) is 125 cm³/mol. The van der Waals surface area contributed by atoms with Gasteiger partial charge in [-0.15, -0.1) is 0 Å². The summed E-state index contributed by atoms with van der Waals surface area (Å²) < 4.78 is 47.1. The van der Waals surface area contributed by atoms with Crippen LogP contribution in [0.3, 0.4) is 0 Å². The van der Waals surface area contributed by atoms with Crippen LogP contribution < -0.4 is 21.3 Å². The number of fused-ring (bicyclic) bond motifs is 1. The molecule has 4 N–H and O–H groups in total. The van der Waals surface area contributed by atoms with Crippen molar-refractivity contribution in [2.45, 2.75) is 12.6 Å². The number of guanidine groups is 1. The van der Waals surface area contributed by atoms with Gasteiger partial charge in [0, 0.05) is 25.8 Å². The van der Waals surface area contributed by atoms with Gasteiger partial charge < -0.3 is 30.5 Å². The number of rotatable bonds is 9. The lowest BCUT2D eigenvalue weighted by Gasteiger charge is -2.18. The summed E-state index contributed by atoms with van der Waals surface area (Å²) in [4.78, 5) is 16.1. The molecule has 0 bridgehead atoms. The van der Waals surface area contributed by atoms with Crippen LogP contribution in [0, 0.1) is 17.8 Å². The lowest BCUT2D eigenvalue weighted by molar-refractivity contribution is -0.145. The van der Waals surface area contributed by atoms with Gasteiger partial charge in [-0.05, 0) is 29.9 Å². The minimum atomic E-state index is -4.19. The molecule has 1 aromatic carbocycles. The maximum absolute atomic E-state index is 12.2. The van der Waals surface area contributed by atoms with Crippen molar-refractivity contribution in [3.05, 3.63) is 48.6 Å². The maximum Gasteiger partial charge on any atom is 0.391 e. The average molecular weight is 493 g/mol. The summed E-state index contributed by atoms with van der Waals surface area (Å²) in [7, 11) is 1.80. The quantitative estimate of drug-likeness (QED) is 0.310. The van der Waals surface area contributed by atoms with Crippen molar-refractivity contribution in [1.29, 1.82) is 0 Å². The highest BCUT2D eigenvalue weighted by Gasteiger charge is 2.56. The number of amidine groups is 1. The predicted octanol–water partition coefficient (Wildman–Crippen LogP) is 2.35. The van der Waals surface area contributed by atoms with Crippen LogP contribution in [-0.4, -0.2) is 61.5 Å². The molecule has 1 saturated carbocycles. The van der Waals surface area contributed by atoms with Gasteiger partial charge >= 0.3 is 12.2 Å². The standard InChI is InChI=1S/C22H27F3N8O2/c1-13(32(2)14-6-4-3-5-7-14)28-20(27)29-18(26)19-30-21(35-31-19)33-10-15-16(11-33)17(15)12-34-9-8-22(23,24)25/h3-7,15-17H,1,8-12H2,2H3,(H4,26,27,28,29)/t15-,16+,17+. The first kappa shape index (κ1) is 24.5. The molecule has 4 rings (SSSR count). The number of aromatic nitrogens is 2. The van der Waals surface area contributed by atoms with Crippen molar-refractivity contribution in [2.75, 3.05) is 43.2 Å². The number of aliphatic imine (C=N–C) groups is 2. The van der Waals surface area contributed by atoms with Gasteiger partial charge in [0.25, 0.3) is 0 Å². The van der Waals surface area contributed by atoms with Crippen molar-refractivity contribution in [1.82, 2.24) is 10.1 Å². The molecule has 0 radical (unpaired) electrons. The Morgan fingerprint density at radius 2 is 1.91 bits per heavy atom. The van der Waals surface area contributed by atoms with E-state index in [9.17, 15) is 13.2 Å². The van der Waals surface area contributed by atoms with E-state index in [0.29, 0.717) is 43.4 Å². The summed E-state index contributed by atoms with van der Waals surface area (Å²) in [6.45, 7) is 5.23. The summed E-state index contributed by atoms with van der Waals surface area (Å²) >= 11 is 0. The van der Waals surface area contributed by atoms with Crippen molar-refractivity contribution >= 4 is 23.5 Å². The van der Waals surface area contributed by atoms with Crippen LogP contribution in [0.4, 0.5) is 24.9 Å². The zero-order chi connectivity index (χ0) is 25.2. The smallest absolute Gasteiger partial charge is 0.381 e. The Labute approximate surface area is 200 Å². The summed E-state index contributed by atoms with van der Waals surface area (Å²) in [6, 6.07) is 9.80. The fourth-order valence-corrected chi connectivity index (χ4v) is 4.11. The molecule has 188 valence electrons.